The molecular weight excluding hydrogens is 178 g/mol. The first-order valence-corrected chi connectivity index (χ1v) is 4.76. The molecule has 0 amide bonds. The second-order valence-electron chi connectivity index (χ2n) is 3.15. The third kappa shape index (κ3) is 1.99. The Kier molecular flexibility index (Phi) is 2.58. The minimum atomic E-state index is 0.656. The van der Waals surface area contributed by atoms with Crippen LogP contribution < -0.4 is 0 Å². The van der Waals surface area contributed by atoms with Crippen LogP contribution in [0.3, 0.4) is 0 Å². The van der Waals surface area contributed by atoms with Crippen LogP contribution in [0.4, 0.5) is 0 Å². The molecule has 2 rings (SSSR count). The molecule has 74 valence electrons. The van der Waals surface area contributed by atoms with Gasteiger partial charge in [-0.15, -0.1) is 0 Å². The maximum absolute atomic E-state index is 4.35. The number of aromatic nitrogens is 5. The van der Waals surface area contributed by atoms with E-state index in [9.17, 15) is 0 Å². The van der Waals surface area contributed by atoms with Crippen molar-refractivity contribution in [2.24, 2.45) is 0 Å². The van der Waals surface area contributed by atoms with Gasteiger partial charge >= 0.3 is 0 Å². The lowest BCUT2D eigenvalue weighted by atomic mass is 10.3. The molecule has 0 aliphatic heterocycles. The third-order valence-electron chi connectivity index (χ3n) is 1.92. The first kappa shape index (κ1) is 8.93. The van der Waals surface area contributed by atoms with Crippen molar-refractivity contribution in [2.45, 2.75) is 26.3 Å². The molecule has 0 aliphatic rings. The molecular formula is C9H13N5. The number of aromatic amines is 1. The average molecular weight is 191 g/mol. The van der Waals surface area contributed by atoms with Gasteiger partial charge in [-0.25, -0.2) is 4.98 Å². The number of nitrogens with zero attached hydrogens (tertiary/aromatic N) is 4. The van der Waals surface area contributed by atoms with Crippen LogP contribution in [0.1, 0.15) is 25.0 Å². The highest BCUT2D eigenvalue weighted by Crippen LogP contribution is 1.98. The fraction of sp³-hybridized carbons (Fsp3) is 0.444. The lowest BCUT2D eigenvalue weighted by Crippen LogP contribution is -2.01. The number of aryl methyl sites for hydroxylation is 1. The Hall–Kier alpha value is -1.65. The molecule has 0 fully saturated rings. The van der Waals surface area contributed by atoms with E-state index in [1.807, 2.05) is 16.9 Å². The molecule has 0 saturated carbocycles. The Morgan fingerprint density at radius 3 is 3.14 bits per heavy atom. The second kappa shape index (κ2) is 4.04. The van der Waals surface area contributed by atoms with E-state index in [-0.39, 0.29) is 0 Å². The van der Waals surface area contributed by atoms with E-state index in [4.69, 9.17) is 0 Å². The van der Waals surface area contributed by atoms with Gasteiger partial charge in [0, 0.05) is 18.8 Å². The van der Waals surface area contributed by atoms with E-state index in [0.29, 0.717) is 6.54 Å². The Morgan fingerprint density at radius 1 is 1.50 bits per heavy atom. The van der Waals surface area contributed by atoms with Crippen molar-refractivity contribution in [1.29, 1.82) is 0 Å². The first-order chi connectivity index (χ1) is 6.88. The summed E-state index contributed by atoms with van der Waals surface area (Å²) in [7, 11) is 0. The highest BCUT2D eigenvalue weighted by atomic mass is 15.3. The molecule has 0 atom stereocenters. The van der Waals surface area contributed by atoms with Gasteiger partial charge in [0.2, 0.25) is 0 Å². The third-order valence-corrected chi connectivity index (χ3v) is 1.92. The molecule has 5 nitrogen and oxygen atoms in total. The van der Waals surface area contributed by atoms with E-state index in [2.05, 4.69) is 27.2 Å². The van der Waals surface area contributed by atoms with E-state index in [0.717, 1.165) is 24.5 Å². The smallest absolute Gasteiger partial charge is 0.150 e. The number of nitrogens with one attached hydrogen (secondary N) is 1. The summed E-state index contributed by atoms with van der Waals surface area (Å²) in [5.41, 5.74) is 0. The molecule has 0 spiro atoms. The maximum atomic E-state index is 4.35. The van der Waals surface area contributed by atoms with Crippen LogP contribution in [-0.2, 0) is 13.0 Å². The summed E-state index contributed by atoms with van der Waals surface area (Å²) in [6.07, 6.45) is 5.65. The summed E-state index contributed by atoms with van der Waals surface area (Å²) < 4.78 is 1.82. The summed E-state index contributed by atoms with van der Waals surface area (Å²) in [6, 6.07) is 1.89. The van der Waals surface area contributed by atoms with Crippen LogP contribution in [0.5, 0.6) is 0 Å². The van der Waals surface area contributed by atoms with Gasteiger partial charge in [0.1, 0.15) is 12.4 Å². The predicted octanol–water partition coefficient (Wildman–Crippen LogP) is 1.00. The largest absolute Gasteiger partial charge is 0.265 e. The number of hydrogen-bond donors (Lipinski definition) is 1. The molecule has 0 unspecified atom stereocenters. The molecule has 1 N–H and O–H groups in total. The van der Waals surface area contributed by atoms with Gasteiger partial charge in [0.05, 0.1) is 0 Å². The van der Waals surface area contributed by atoms with Gasteiger partial charge in [0.25, 0.3) is 0 Å². The highest BCUT2D eigenvalue weighted by molar-refractivity contribution is 4.92. The normalized spacial score (nSPS) is 10.6. The van der Waals surface area contributed by atoms with E-state index in [1.54, 1.807) is 6.20 Å². The summed E-state index contributed by atoms with van der Waals surface area (Å²) in [5.74, 6) is 1.74. The van der Waals surface area contributed by atoms with Crippen LogP contribution in [-0.4, -0.2) is 25.0 Å². The van der Waals surface area contributed by atoms with Crippen molar-refractivity contribution >= 4 is 0 Å². The zero-order valence-corrected chi connectivity index (χ0v) is 8.14. The van der Waals surface area contributed by atoms with Crippen molar-refractivity contribution in [3.8, 4) is 0 Å². The van der Waals surface area contributed by atoms with Gasteiger partial charge in [0.15, 0.2) is 5.82 Å². The summed E-state index contributed by atoms with van der Waals surface area (Å²) >= 11 is 0. The number of H-pyrrole nitrogens is 1. The lowest BCUT2D eigenvalue weighted by molar-refractivity contribution is 0.657. The Morgan fingerprint density at radius 2 is 2.43 bits per heavy atom. The zero-order chi connectivity index (χ0) is 9.80. The van der Waals surface area contributed by atoms with Gasteiger partial charge in [-0.05, 0) is 12.5 Å². The minimum Gasteiger partial charge on any atom is -0.265 e. The SMILES string of the molecule is CCCc1n[nH]c(Cn2cccn2)n1. The van der Waals surface area contributed by atoms with E-state index >= 15 is 0 Å². The Bertz CT molecular complexity index is 376. The molecule has 0 aromatic carbocycles. The van der Waals surface area contributed by atoms with Crippen LogP contribution in [0.15, 0.2) is 18.5 Å². The lowest BCUT2D eigenvalue weighted by Gasteiger charge is -1.94. The monoisotopic (exact) mass is 191 g/mol. The second-order valence-corrected chi connectivity index (χ2v) is 3.15. The van der Waals surface area contributed by atoms with Crippen LogP contribution in [0.2, 0.25) is 0 Å². The highest BCUT2D eigenvalue weighted by Gasteiger charge is 2.02. The fourth-order valence-electron chi connectivity index (χ4n) is 1.29. The van der Waals surface area contributed by atoms with Crippen molar-refractivity contribution in [3.05, 3.63) is 30.1 Å². The van der Waals surface area contributed by atoms with Gasteiger partial charge in [-0.3, -0.25) is 9.78 Å². The van der Waals surface area contributed by atoms with Crippen LogP contribution >= 0.6 is 0 Å². The molecule has 2 aromatic rings. The summed E-state index contributed by atoms with van der Waals surface area (Å²) in [5, 5.41) is 11.1. The van der Waals surface area contributed by atoms with Gasteiger partial charge < -0.3 is 0 Å². The van der Waals surface area contributed by atoms with Crippen molar-refractivity contribution in [3.63, 3.8) is 0 Å². The predicted molar refractivity (Wildman–Crippen MR) is 51.7 cm³/mol. The first-order valence-electron chi connectivity index (χ1n) is 4.76. The summed E-state index contributed by atoms with van der Waals surface area (Å²) in [4.78, 5) is 4.35. The molecule has 0 radical (unpaired) electrons. The van der Waals surface area contributed by atoms with Crippen molar-refractivity contribution in [2.75, 3.05) is 0 Å². The van der Waals surface area contributed by atoms with Crippen LogP contribution in [0.25, 0.3) is 0 Å². The molecule has 14 heavy (non-hydrogen) atoms. The zero-order valence-electron chi connectivity index (χ0n) is 8.14. The van der Waals surface area contributed by atoms with Gasteiger partial charge in [-0.2, -0.15) is 10.2 Å². The molecule has 5 heteroatoms. The summed E-state index contributed by atoms with van der Waals surface area (Å²) in [6.45, 7) is 2.77. The molecule has 0 bridgehead atoms. The Labute approximate surface area is 82.2 Å². The van der Waals surface area contributed by atoms with E-state index < -0.39 is 0 Å². The Balaban J connectivity index is 2.03. The number of rotatable bonds is 4. The quantitative estimate of drug-likeness (QED) is 0.784. The van der Waals surface area contributed by atoms with Crippen molar-refractivity contribution in [1.82, 2.24) is 25.0 Å². The minimum absolute atomic E-state index is 0.656. The fourth-order valence-corrected chi connectivity index (χ4v) is 1.29. The molecule has 2 aromatic heterocycles. The molecule has 0 aliphatic carbocycles. The van der Waals surface area contributed by atoms with Crippen LogP contribution in [0, 0.1) is 0 Å². The van der Waals surface area contributed by atoms with Gasteiger partial charge in [-0.1, -0.05) is 6.92 Å². The maximum Gasteiger partial charge on any atom is 0.150 e. The number of hydrogen-bond acceptors (Lipinski definition) is 3. The topological polar surface area (TPSA) is 59.4 Å². The standard InChI is InChI=1S/C9H13N5/c1-2-4-8-11-9(13-12-8)7-14-6-3-5-10-14/h3,5-6H,2,4,7H2,1H3,(H,11,12,13). The molecule has 0 saturated heterocycles. The van der Waals surface area contributed by atoms with E-state index in [1.165, 1.54) is 0 Å². The van der Waals surface area contributed by atoms with Crippen molar-refractivity contribution < 1.29 is 0 Å². The molecule has 2 heterocycles. The average Bonchev–Trinajstić information content (AvgIpc) is 2.79.